The van der Waals surface area contributed by atoms with E-state index in [0.29, 0.717) is 6.04 Å². The molecule has 1 heterocycles. The van der Waals surface area contributed by atoms with Crippen molar-refractivity contribution < 1.29 is 4.74 Å². The zero-order chi connectivity index (χ0) is 13.1. The Labute approximate surface area is 113 Å². The number of morpholine rings is 1. The van der Waals surface area contributed by atoms with Gasteiger partial charge in [-0.2, -0.15) is 0 Å². The standard InChI is InChI=1S/C15H32N2O/c1-3-4-5-6-7-8-15(2)16-9-10-17-11-13-18-14-12-17/h15-16H,3-14H2,1-2H3. The third-order valence-electron chi connectivity index (χ3n) is 3.77. The molecular formula is C15H32N2O. The van der Waals surface area contributed by atoms with Crippen LogP contribution in [0.25, 0.3) is 0 Å². The maximum atomic E-state index is 5.35. The van der Waals surface area contributed by atoms with E-state index < -0.39 is 0 Å². The lowest BCUT2D eigenvalue weighted by molar-refractivity contribution is 0.0381. The van der Waals surface area contributed by atoms with Crippen LogP contribution in [-0.2, 0) is 4.74 Å². The molecular weight excluding hydrogens is 224 g/mol. The minimum Gasteiger partial charge on any atom is -0.379 e. The van der Waals surface area contributed by atoms with Gasteiger partial charge in [-0.25, -0.2) is 0 Å². The molecule has 18 heavy (non-hydrogen) atoms. The first kappa shape index (κ1) is 15.9. The van der Waals surface area contributed by atoms with Crippen LogP contribution in [0.4, 0.5) is 0 Å². The van der Waals surface area contributed by atoms with E-state index in [1.54, 1.807) is 0 Å². The SMILES string of the molecule is CCCCCCCC(C)NCCN1CCOCC1. The third kappa shape index (κ3) is 8.06. The molecule has 0 aromatic heterocycles. The van der Waals surface area contributed by atoms with Gasteiger partial charge in [-0.15, -0.1) is 0 Å². The van der Waals surface area contributed by atoms with Crippen LogP contribution in [0.3, 0.4) is 0 Å². The molecule has 1 unspecified atom stereocenters. The van der Waals surface area contributed by atoms with E-state index >= 15 is 0 Å². The molecule has 108 valence electrons. The lowest BCUT2D eigenvalue weighted by Gasteiger charge is -2.27. The van der Waals surface area contributed by atoms with Crippen molar-refractivity contribution >= 4 is 0 Å². The molecule has 0 aromatic carbocycles. The second-order valence-electron chi connectivity index (χ2n) is 5.51. The average Bonchev–Trinajstić information content (AvgIpc) is 2.40. The first-order valence-electron chi connectivity index (χ1n) is 7.86. The fourth-order valence-corrected chi connectivity index (χ4v) is 2.45. The average molecular weight is 256 g/mol. The van der Waals surface area contributed by atoms with Gasteiger partial charge in [0.1, 0.15) is 0 Å². The largest absolute Gasteiger partial charge is 0.379 e. The van der Waals surface area contributed by atoms with Crippen LogP contribution in [0.15, 0.2) is 0 Å². The van der Waals surface area contributed by atoms with Crippen LogP contribution in [0.5, 0.6) is 0 Å². The highest BCUT2D eigenvalue weighted by Crippen LogP contribution is 2.07. The molecule has 0 amide bonds. The highest BCUT2D eigenvalue weighted by molar-refractivity contribution is 4.66. The zero-order valence-electron chi connectivity index (χ0n) is 12.4. The van der Waals surface area contributed by atoms with Crippen LogP contribution >= 0.6 is 0 Å². The molecule has 1 fully saturated rings. The van der Waals surface area contributed by atoms with Crippen molar-refractivity contribution in [1.29, 1.82) is 0 Å². The molecule has 0 saturated carbocycles. The molecule has 1 aliphatic rings. The fraction of sp³-hybridized carbons (Fsp3) is 1.00. The van der Waals surface area contributed by atoms with Crippen molar-refractivity contribution in [3.8, 4) is 0 Å². The Morgan fingerprint density at radius 2 is 1.83 bits per heavy atom. The Bertz CT molecular complexity index is 181. The second kappa shape index (κ2) is 10.8. The summed E-state index contributed by atoms with van der Waals surface area (Å²) in [7, 11) is 0. The van der Waals surface area contributed by atoms with Crippen molar-refractivity contribution in [2.24, 2.45) is 0 Å². The third-order valence-corrected chi connectivity index (χ3v) is 3.77. The van der Waals surface area contributed by atoms with Crippen molar-refractivity contribution in [1.82, 2.24) is 10.2 Å². The van der Waals surface area contributed by atoms with Gasteiger partial charge in [0.25, 0.3) is 0 Å². The van der Waals surface area contributed by atoms with Crippen molar-refractivity contribution in [2.75, 3.05) is 39.4 Å². The Morgan fingerprint density at radius 1 is 1.11 bits per heavy atom. The van der Waals surface area contributed by atoms with Crippen LogP contribution in [-0.4, -0.2) is 50.3 Å². The molecule has 0 spiro atoms. The van der Waals surface area contributed by atoms with E-state index in [4.69, 9.17) is 4.74 Å². The minimum absolute atomic E-state index is 0.674. The van der Waals surface area contributed by atoms with Crippen LogP contribution in [0.1, 0.15) is 52.4 Å². The van der Waals surface area contributed by atoms with E-state index in [9.17, 15) is 0 Å². The lowest BCUT2D eigenvalue weighted by atomic mass is 10.1. The van der Waals surface area contributed by atoms with Gasteiger partial charge >= 0.3 is 0 Å². The Hall–Kier alpha value is -0.120. The van der Waals surface area contributed by atoms with Gasteiger partial charge in [0.05, 0.1) is 13.2 Å². The van der Waals surface area contributed by atoms with Gasteiger partial charge in [0.2, 0.25) is 0 Å². The number of hydrogen-bond acceptors (Lipinski definition) is 3. The van der Waals surface area contributed by atoms with Gasteiger partial charge in [-0.1, -0.05) is 39.0 Å². The minimum atomic E-state index is 0.674. The molecule has 0 aliphatic carbocycles. The number of ether oxygens (including phenoxy) is 1. The summed E-state index contributed by atoms with van der Waals surface area (Å²) in [5.41, 5.74) is 0. The first-order valence-corrected chi connectivity index (χ1v) is 7.86. The fourth-order valence-electron chi connectivity index (χ4n) is 2.45. The molecule has 0 bridgehead atoms. The summed E-state index contributed by atoms with van der Waals surface area (Å²) in [6.45, 7) is 10.9. The van der Waals surface area contributed by atoms with Gasteiger partial charge in [0, 0.05) is 32.2 Å². The van der Waals surface area contributed by atoms with E-state index in [0.717, 1.165) is 32.8 Å². The molecule has 1 N–H and O–H groups in total. The summed E-state index contributed by atoms with van der Waals surface area (Å²) in [5.74, 6) is 0. The monoisotopic (exact) mass is 256 g/mol. The summed E-state index contributed by atoms with van der Waals surface area (Å²) in [5, 5.41) is 3.64. The molecule has 1 aliphatic heterocycles. The van der Waals surface area contributed by atoms with Gasteiger partial charge in [0.15, 0.2) is 0 Å². The van der Waals surface area contributed by atoms with Crippen molar-refractivity contribution in [3.63, 3.8) is 0 Å². The molecule has 3 nitrogen and oxygen atoms in total. The van der Waals surface area contributed by atoms with Crippen molar-refractivity contribution in [2.45, 2.75) is 58.4 Å². The highest BCUT2D eigenvalue weighted by Gasteiger charge is 2.09. The number of unbranched alkanes of at least 4 members (excludes halogenated alkanes) is 4. The summed E-state index contributed by atoms with van der Waals surface area (Å²) in [6, 6.07) is 0.674. The maximum Gasteiger partial charge on any atom is 0.0594 e. The Morgan fingerprint density at radius 3 is 2.56 bits per heavy atom. The molecule has 3 heteroatoms. The smallest absolute Gasteiger partial charge is 0.0594 e. The topological polar surface area (TPSA) is 24.5 Å². The summed E-state index contributed by atoms with van der Waals surface area (Å²) >= 11 is 0. The molecule has 1 rings (SSSR count). The van der Waals surface area contributed by atoms with E-state index in [2.05, 4.69) is 24.1 Å². The molecule has 0 aromatic rings. The van der Waals surface area contributed by atoms with Gasteiger partial charge in [-0.05, 0) is 13.3 Å². The molecule has 1 saturated heterocycles. The van der Waals surface area contributed by atoms with Gasteiger partial charge < -0.3 is 10.1 Å². The second-order valence-corrected chi connectivity index (χ2v) is 5.51. The van der Waals surface area contributed by atoms with Gasteiger partial charge in [-0.3, -0.25) is 4.90 Å². The predicted molar refractivity (Wildman–Crippen MR) is 78.1 cm³/mol. The summed E-state index contributed by atoms with van der Waals surface area (Å²) < 4.78 is 5.35. The summed E-state index contributed by atoms with van der Waals surface area (Å²) in [4.78, 5) is 2.49. The normalized spacial score (nSPS) is 19.0. The van der Waals surface area contributed by atoms with Crippen LogP contribution in [0.2, 0.25) is 0 Å². The van der Waals surface area contributed by atoms with E-state index in [1.165, 1.54) is 45.1 Å². The van der Waals surface area contributed by atoms with E-state index in [1.807, 2.05) is 0 Å². The zero-order valence-corrected chi connectivity index (χ0v) is 12.4. The van der Waals surface area contributed by atoms with Crippen molar-refractivity contribution in [3.05, 3.63) is 0 Å². The quantitative estimate of drug-likeness (QED) is 0.608. The maximum absolute atomic E-state index is 5.35. The number of hydrogen-bond donors (Lipinski definition) is 1. The van der Waals surface area contributed by atoms with E-state index in [-0.39, 0.29) is 0 Å². The van der Waals surface area contributed by atoms with Crippen LogP contribution in [0, 0.1) is 0 Å². The number of nitrogens with zero attached hydrogens (tertiary/aromatic N) is 1. The summed E-state index contributed by atoms with van der Waals surface area (Å²) in [6.07, 6.45) is 8.27. The lowest BCUT2D eigenvalue weighted by Crippen LogP contribution is -2.41. The predicted octanol–water partition coefficient (Wildman–Crippen LogP) is 2.66. The Balaban J connectivity index is 1.88. The highest BCUT2D eigenvalue weighted by atomic mass is 16.5. The Kier molecular flexibility index (Phi) is 9.54. The first-order chi connectivity index (χ1) is 8.83. The number of nitrogens with one attached hydrogen (secondary N) is 1. The molecule has 1 atom stereocenters. The van der Waals surface area contributed by atoms with Crippen LogP contribution < -0.4 is 5.32 Å². The number of rotatable bonds is 10. The molecule has 0 radical (unpaired) electrons.